The van der Waals surface area contributed by atoms with Crippen LogP contribution in [0.2, 0.25) is 0 Å². The van der Waals surface area contributed by atoms with Crippen molar-refractivity contribution in [3.8, 4) is 0 Å². The van der Waals surface area contributed by atoms with Gasteiger partial charge in [0.25, 0.3) is 0 Å². The largest absolute Gasteiger partial charge is 0.370 e. The number of amides is 1. The van der Waals surface area contributed by atoms with E-state index in [4.69, 9.17) is 17.3 Å². The molecule has 11 heavy (non-hydrogen) atoms. The van der Waals surface area contributed by atoms with Gasteiger partial charge in [0.15, 0.2) is 0 Å². The first kappa shape index (κ1) is 13.6. The van der Waals surface area contributed by atoms with E-state index < -0.39 is 0 Å². The number of carbonyl (C=O) groups is 1. The first-order valence-corrected chi connectivity index (χ1v) is 4.08. The lowest BCUT2D eigenvalue weighted by Crippen LogP contribution is -2.17. The third-order valence-electron chi connectivity index (χ3n) is 1.41. The van der Waals surface area contributed by atoms with Crippen molar-refractivity contribution in [3.05, 3.63) is 0 Å². The number of nitrogens with two attached hydrogens (primary N) is 1. The van der Waals surface area contributed by atoms with Crippen LogP contribution in [0.1, 0.15) is 26.2 Å². The minimum absolute atomic E-state index is 0. The average molecular weight is 200 g/mol. The summed E-state index contributed by atoms with van der Waals surface area (Å²) in [5.41, 5.74) is 5.00. The quantitative estimate of drug-likeness (QED) is 0.677. The van der Waals surface area contributed by atoms with Gasteiger partial charge in [-0.1, -0.05) is 13.3 Å². The van der Waals surface area contributed by atoms with Gasteiger partial charge in [-0.25, -0.2) is 0 Å². The number of rotatable bonds is 5. The summed E-state index contributed by atoms with van der Waals surface area (Å²) >= 11 is 5.58. The smallest absolute Gasteiger partial charge is 0.217 e. The average Bonchev–Trinajstić information content (AvgIpc) is 1.86. The van der Waals surface area contributed by atoms with Gasteiger partial charge in [0.2, 0.25) is 5.91 Å². The van der Waals surface area contributed by atoms with Crippen molar-refractivity contribution in [2.75, 3.05) is 5.88 Å². The van der Waals surface area contributed by atoms with Crippen LogP contribution in [0.4, 0.5) is 0 Å². The van der Waals surface area contributed by atoms with Gasteiger partial charge in [0.05, 0.1) is 0 Å². The van der Waals surface area contributed by atoms with E-state index in [1.54, 1.807) is 0 Å². The lowest BCUT2D eigenvalue weighted by Gasteiger charge is -2.08. The number of hydrogen-bond donors (Lipinski definition) is 1. The van der Waals surface area contributed by atoms with Crippen molar-refractivity contribution in [3.63, 3.8) is 0 Å². The molecule has 0 fully saturated rings. The van der Waals surface area contributed by atoms with Crippen molar-refractivity contribution in [1.29, 1.82) is 0 Å². The molecule has 0 bridgehead atoms. The highest BCUT2D eigenvalue weighted by Crippen LogP contribution is 2.11. The van der Waals surface area contributed by atoms with Crippen molar-refractivity contribution < 1.29 is 4.79 Å². The summed E-state index contributed by atoms with van der Waals surface area (Å²) in [6, 6.07) is 0. The molecule has 4 heteroatoms. The van der Waals surface area contributed by atoms with Gasteiger partial charge in [-0.2, -0.15) is 0 Å². The van der Waals surface area contributed by atoms with Crippen LogP contribution in [-0.4, -0.2) is 11.8 Å². The Morgan fingerprint density at radius 3 is 2.45 bits per heavy atom. The maximum absolute atomic E-state index is 10.4. The van der Waals surface area contributed by atoms with E-state index in [1.165, 1.54) is 0 Å². The molecule has 0 heterocycles. The topological polar surface area (TPSA) is 43.1 Å². The van der Waals surface area contributed by atoms with Crippen molar-refractivity contribution >= 4 is 29.9 Å². The molecule has 0 radical (unpaired) electrons. The molecule has 1 unspecified atom stereocenters. The fourth-order valence-electron chi connectivity index (χ4n) is 0.927. The predicted molar refractivity (Wildman–Crippen MR) is 50.2 cm³/mol. The number of alkyl halides is 1. The molecule has 0 aliphatic rings. The summed E-state index contributed by atoms with van der Waals surface area (Å²) < 4.78 is 0. The Labute approximate surface area is 78.9 Å². The third kappa shape index (κ3) is 7.95. The molecule has 0 aliphatic carbocycles. The number of carbonyl (C=O) groups excluding carboxylic acids is 1. The predicted octanol–water partition coefficient (Wildman–Crippen LogP) is 1.94. The van der Waals surface area contributed by atoms with Crippen LogP contribution in [-0.2, 0) is 4.79 Å². The molecule has 1 amide bonds. The molecule has 0 aliphatic heterocycles. The monoisotopic (exact) mass is 199 g/mol. The van der Waals surface area contributed by atoms with E-state index in [-0.39, 0.29) is 24.2 Å². The Balaban J connectivity index is 0. The Morgan fingerprint density at radius 1 is 1.64 bits per heavy atom. The van der Waals surface area contributed by atoms with Gasteiger partial charge in [-0.05, 0) is 12.3 Å². The van der Waals surface area contributed by atoms with Gasteiger partial charge < -0.3 is 5.73 Å². The molecule has 0 saturated carbocycles. The molecule has 0 rings (SSSR count). The lowest BCUT2D eigenvalue weighted by atomic mass is 10.0. The standard InChI is InChI=1S/C7H14ClNO.ClH/c1-2-3-6(5-8)4-7(9)10;/h6H,2-5H2,1H3,(H2,9,10);1H. The molecule has 0 saturated heterocycles. The minimum Gasteiger partial charge on any atom is -0.370 e. The normalized spacial score (nSPS) is 11.8. The third-order valence-corrected chi connectivity index (χ3v) is 1.84. The van der Waals surface area contributed by atoms with E-state index in [0.717, 1.165) is 12.8 Å². The van der Waals surface area contributed by atoms with Crippen LogP contribution in [0.15, 0.2) is 0 Å². The molecule has 1 atom stereocenters. The van der Waals surface area contributed by atoms with E-state index in [9.17, 15) is 4.79 Å². The highest BCUT2D eigenvalue weighted by Gasteiger charge is 2.08. The van der Waals surface area contributed by atoms with Gasteiger partial charge in [0, 0.05) is 12.3 Å². The second kappa shape index (κ2) is 8.15. The summed E-state index contributed by atoms with van der Waals surface area (Å²) in [6.45, 7) is 2.07. The van der Waals surface area contributed by atoms with E-state index in [2.05, 4.69) is 6.92 Å². The molecule has 68 valence electrons. The maximum Gasteiger partial charge on any atom is 0.217 e. The summed E-state index contributed by atoms with van der Waals surface area (Å²) in [5.74, 6) is 0.569. The molecule has 2 nitrogen and oxygen atoms in total. The zero-order valence-corrected chi connectivity index (χ0v) is 8.25. The zero-order valence-electron chi connectivity index (χ0n) is 6.68. The molecule has 0 aromatic rings. The highest BCUT2D eigenvalue weighted by atomic mass is 35.5. The van der Waals surface area contributed by atoms with Crippen LogP contribution < -0.4 is 5.73 Å². The maximum atomic E-state index is 10.4. The Bertz CT molecular complexity index is 109. The molecule has 0 aromatic heterocycles. The first-order chi connectivity index (χ1) is 4.70. The summed E-state index contributed by atoms with van der Waals surface area (Å²) in [6.07, 6.45) is 2.48. The Kier molecular flexibility index (Phi) is 10.1. The van der Waals surface area contributed by atoms with E-state index in [1.807, 2.05) is 0 Å². The van der Waals surface area contributed by atoms with Crippen LogP contribution in [0.3, 0.4) is 0 Å². The number of primary amides is 1. The van der Waals surface area contributed by atoms with Crippen LogP contribution in [0.5, 0.6) is 0 Å². The summed E-state index contributed by atoms with van der Waals surface area (Å²) in [4.78, 5) is 10.4. The van der Waals surface area contributed by atoms with Crippen LogP contribution in [0, 0.1) is 5.92 Å². The Morgan fingerprint density at radius 2 is 2.18 bits per heavy atom. The molecule has 0 aromatic carbocycles. The van der Waals surface area contributed by atoms with Crippen LogP contribution in [0.25, 0.3) is 0 Å². The van der Waals surface area contributed by atoms with Gasteiger partial charge in [0.1, 0.15) is 0 Å². The van der Waals surface area contributed by atoms with Gasteiger partial charge in [-0.15, -0.1) is 24.0 Å². The Hall–Kier alpha value is 0.0500. The summed E-state index contributed by atoms with van der Waals surface area (Å²) in [5, 5.41) is 0. The fraction of sp³-hybridized carbons (Fsp3) is 0.857. The van der Waals surface area contributed by atoms with Crippen molar-refractivity contribution in [1.82, 2.24) is 0 Å². The fourth-order valence-corrected chi connectivity index (χ4v) is 1.19. The SMILES string of the molecule is CCCC(CCl)CC(N)=O.Cl. The number of hydrogen-bond acceptors (Lipinski definition) is 1. The van der Waals surface area contributed by atoms with Gasteiger partial charge >= 0.3 is 0 Å². The van der Waals surface area contributed by atoms with Crippen molar-refractivity contribution in [2.24, 2.45) is 11.7 Å². The minimum atomic E-state index is -0.251. The second-order valence-corrected chi connectivity index (χ2v) is 2.79. The lowest BCUT2D eigenvalue weighted by molar-refractivity contribution is -0.118. The molecule has 2 N–H and O–H groups in total. The zero-order chi connectivity index (χ0) is 7.98. The molecular weight excluding hydrogens is 185 g/mol. The van der Waals surface area contributed by atoms with Crippen LogP contribution >= 0.6 is 24.0 Å². The molecular formula is C7H15Cl2NO. The highest BCUT2D eigenvalue weighted by molar-refractivity contribution is 6.18. The first-order valence-electron chi connectivity index (χ1n) is 3.55. The number of halogens is 2. The van der Waals surface area contributed by atoms with Crippen molar-refractivity contribution in [2.45, 2.75) is 26.2 Å². The second-order valence-electron chi connectivity index (χ2n) is 2.48. The summed E-state index contributed by atoms with van der Waals surface area (Å²) in [7, 11) is 0. The van der Waals surface area contributed by atoms with E-state index in [0.29, 0.717) is 12.3 Å². The van der Waals surface area contributed by atoms with Gasteiger partial charge in [-0.3, -0.25) is 4.79 Å². The molecule has 0 spiro atoms. The van der Waals surface area contributed by atoms with E-state index >= 15 is 0 Å².